The summed E-state index contributed by atoms with van der Waals surface area (Å²) in [5.41, 5.74) is 4.95. The normalized spacial score (nSPS) is 16.1. The smallest absolute Gasteiger partial charge is 0.0755 e. The monoisotopic (exact) mass is 347 g/mol. The van der Waals surface area contributed by atoms with Gasteiger partial charge in [-0.2, -0.15) is 0 Å². The second-order valence-electron chi connectivity index (χ2n) is 6.09. The van der Waals surface area contributed by atoms with Gasteiger partial charge in [-0.05, 0) is 64.7 Å². The minimum absolute atomic E-state index is 0.277. The number of halogens is 1. The van der Waals surface area contributed by atoms with Crippen LogP contribution in [0.1, 0.15) is 48.8 Å². The summed E-state index contributed by atoms with van der Waals surface area (Å²) in [6.45, 7) is 6.38. The molecular weight excluding hydrogens is 326 g/mol. The van der Waals surface area contributed by atoms with Crippen LogP contribution in [0.15, 0.2) is 35.5 Å². The standard InChI is InChI=1S/C18H22ClN3S/c1-3-4-16-10-21-18(11-20-16)13(2)22-8-7-14-5-6-17(23-19)9-15(14)12-22/h5-6,9-11,13H,3-4,7-8,12H2,1-2H3. The van der Waals surface area contributed by atoms with E-state index >= 15 is 0 Å². The lowest BCUT2D eigenvalue weighted by Crippen LogP contribution is -2.33. The zero-order valence-corrected chi connectivity index (χ0v) is 15.2. The van der Waals surface area contributed by atoms with Gasteiger partial charge >= 0.3 is 0 Å². The van der Waals surface area contributed by atoms with Crippen LogP contribution in [0.25, 0.3) is 0 Å². The van der Waals surface area contributed by atoms with E-state index in [1.54, 1.807) is 0 Å². The van der Waals surface area contributed by atoms with Crippen LogP contribution in [0.2, 0.25) is 0 Å². The van der Waals surface area contributed by atoms with Crippen molar-refractivity contribution < 1.29 is 0 Å². The number of hydrogen-bond donors (Lipinski definition) is 0. The first kappa shape index (κ1) is 16.7. The molecule has 0 saturated carbocycles. The summed E-state index contributed by atoms with van der Waals surface area (Å²) in [4.78, 5) is 12.8. The number of benzene rings is 1. The van der Waals surface area contributed by atoms with Gasteiger partial charge in [0.15, 0.2) is 0 Å². The Balaban J connectivity index is 1.74. The minimum atomic E-state index is 0.277. The van der Waals surface area contributed by atoms with Gasteiger partial charge in [0.25, 0.3) is 0 Å². The molecule has 2 aromatic rings. The highest BCUT2D eigenvalue weighted by molar-refractivity contribution is 8.21. The van der Waals surface area contributed by atoms with E-state index in [0.717, 1.165) is 48.6 Å². The molecule has 2 heterocycles. The van der Waals surface area contributed by atoms with E-state index in [-0.39, 0.29) is 6.04 Å². The highest BCUT2D eigenvalue weighted by Gasteiger charge is 2.23. The minimum Gasteiger partial charge on any atom is -0.290 e. The lowest BCUT2D eigenvalue weighted by Gasteiger charge is -2.33. The van der Waals surface area contributed by atoms with E-state index in [0.29, 0.717) is 0 Å². The summed E-state index contributed by atoms with van der Waals surface area (Å²) in [7, 11) is 7.17. The van der Waals surface area contributed by atoms with Crippen molar-refractivity contribution >= 4 is 21.7 Å². The number of rotatable bonds is 5. The van der Waals surface area contributed by atoms with Gasteiger partial charge in [-0.1, -0.05) is 19.4 Å². The second-order valence-corrected chi connectivity index (χ2v) is 7.18. The molecule has 0 fully saturated rings. The van der Waals surface area contributed by atoms with Crippen molar-refractivity contribution in [1.82, 2.24) is 14.9 Å². The van der Waals surface area contributed by atoms with Crippen LogP contribution < -0.4 is 0 Å². The lowest BCUT2D eigenvalue weighted by atomic mass is 9.98. The molecule has 1 aliphatic rings. The van der Waals surface area contributed by atoms with Crippen LogP contribution in [0.5, 0.6) is 0 Å². The molecule has 0 saturated heterocycles. The summed E-state index contributed by atoms with van der Waals surface area (Å²) < 4.78 is 0. The maximum Gasteiger partial charge on any atom is 0.0755 e. The Morgan fingerprint density at radius 3 is 2.83 bits per heavy atom. The number of nitrogens with zero attached hydrogens (tertiary/aromatic N) is 3. The first-order valence-corrected chi connectivity index (χ1v) is 9.80. The van der Waals surface area contributed by atoms with Gasteiger partial charge in [0.05, 0.1) is 23.6 Å². The zero-order valence-electron chi connectivity index (χ0n) is 13.6. The van der Waals surface area contributed by atoms with Crippen LogP contribution in [-0.4, -0.2) is 21.4 Å². The predicted molar refractivity (Wildman–Crippen MR) is 96.7 cm³/mol. The van der Waals surface area contributed by atoms with E-state index in [4.69, 9.17) is 10.7 Å². The third kappa shape index (κ3) is 3.87. The van der Waals surface area contributed by atoms with Crippen LogP contribution in [0.3, 0.4) is 0 Å². The SMILES string of the molecule is CCCc1cnc(C(C)N2CCc3ccc(SCl)cc3C2)cn1. The fraction of sp³-hybridized carbons (Fsp3) is 0.444. The molecule has 3 rings (SSSR count). The molecule has 1 aromatic heterocycles. The third-order valence-corrected chi connectivity index (χ3v) is 5.48. The van der Waals surface area contributed by atoms with Crippen molar-refractivity contribution in [2.75, 3.05) is 6.54 Å². The molecule has 3 nitrogen and oxygen atoms in total. The fourth-order valence-corrected chi connectivity index (χ4v) is 3.68. The summed E-state index contributed by atoms with van der Waals surface area (Å²) in [6, 6.07) is 6.80. The summed E-state index contributed by atoms with van der Waals surface area (Å²) >= 11 is 0. The van der Waals surface area contributed by atoms with Gasteiger partial charge in [-0.15, -0.1) is 0 Å². The van der Waals surface area contributed by atoms with Crippen LogP contribution >= 0.6 is 21.7 Å². The maximum absolute atomic E-state index is 5.89. The lowest BCUT2D eigenvalue weighted by molar-refractivity contribution is 0.188. The zero-order chi connectivity index (χ0) is 16.2. The van der Waals surface area contributed by atoms with Crippen molar-refractivity contribution in [2.45, 2.75) is 50.6 Å². The molecule has 1 aliphatic heterocycles. The summed E-state index contributed by atoms with van der Waals surface area (Å²) in [5.74, 6) is 0. The Kier molecular flexibility index (Phi) is 5.57. The molecule has 0 amide bonds. The number of fused-ring (bicyclic) bond motifs is 1. The molecule has 1 unspecified atom stereocenters. The second kappa shape index (κ2) is 7.65. The topological polar surface area (TPSA) is 29.0 Å². The Labute approximate surface area is 147 Å². The number of hydrogen-bond acceptors (Lipinski definition) is 4. The average Bonchev–Trinajstić information content (AvgIpc) is 2.61. The van der Waals surface area contributed by atoms with Crippen molar-refractivity contribution in [1.29, 1.82) is 0 Å². The Bertz CT molecular complexity index is 660. The Morgan fingerprint density at radius 2 is 2.13 bits per heavy atom. The van der Waals surface area contributed by atoms with E-state index < -0.39 is 0 Å². The molecule has 0 radical (unpaired) electrons. The average molecular weight is 348 g/mol. The molecule has 5 heteroatoms. The quantitative estimate of drug-likeness (QED) is 0.777. The molecule has 0 N–H and O–H groups in total. The molecule has 1 aromatic carbocycles. The van der Waals surface area contributed by atoms with Crippen LogP contribution in [-0.2, 0) is 19.4 Å². The predicted octanol–water partition coefficient (Wildman–Crippen LogP) is 4.79. The van der Waals surface area contributed by atoms with E-state index in [1.165, 1.54) is 22.1 Å². The van der Waals surface area contributed by atoms with Gasteiger partial charge in [0.1, 0.15) is 0 Å². The highest BCUT2D eigenvalue weighted by Crippen LogP contribution is 2.30. The molecule has 0 aliphatic carbocycles. The van der Waals surface area contributed by atoms with E-state index in [9.17, 15) is 0 Å². The Hall–Kier alpha value is -1.10. The third-order valence-electron chi connectivity index (χ3n) is 4.52. The van der Waals surface area contributed by atoms with Crippen molar-refractivity contribution in [3.63, 3.8) is 0 Å². The number of aromatic nitrogens is 2. The summed E-state index contributed by atoms with van der Waals surface area (Å²) in [5, 5.41) is 0. The molecule has 0 spiro atoms. The van der Waals surface area contributed by atoms with E-state index in [2.05, 4.69) is 46.9 Å². The Morgan fingerprint density at radius 1 is 1.26 bits per heavy atom. The molecule has 0 bridgehead atoms. The first-order valence-electron chi connectivity index (χ1n) is 8.16. The van der Waals surface area contributed by atoms with Gasteiger partial charge in [-0.25, -0.2) is 0 Å². The fourth-order valence-electron chi connectivity index (χ4n) is 3.09. The largest absolute Gasteiger partial charge is 0.290 e. The van der Waals surface area contributed by atoms with Crippen molar-refractivity contribution in [3.8, 4) is 0 Å². The van der Waals surface area contributed by atoms with Gasteiger partial charge in [-0.3, -0.25) is 14.9 Å². The van der Waals surface area contributed by atoms with Crippen molar-refractivity contribution in [2.24, 2.45) is 0 Å². The van der Waals surface area contributed by atoms with Gasteiger partial charge < -0.3 is 0 Å². The van der Waals surface area contributed by atoms with Gasteiger partial charge in [0, 0.05) is 24.2 Å². The molecule has 122 valence electrons. The van der Waals surface area contributed by atoms with Crippen LogP contribution in [0, 0.1) is 0 Å². The van der Waals surface area contributed by atoms with Crippen LogP contribution in [0.4, 0.5) is 0 Å². The molecular formula is C18H22ClN3S. The first-order chi connectivity index (χ1) is 11.2. The highest BCUT2D eigenvalue weighted by atomic mass is 35.7. The number of aryl methyl sites for hydroxylation is 1. The van der Waals surface area contributed by atoms with Gasteiger partial charge in [0.2, 0.25) is 0 Å². The van der Waals surface area contributed by atoms with E-state index in [1.807, 2.05) is 12.4 Å². The summed E-state index contributed by atoms with van der Waals surface area (Å²) in [6.07, 6.45) is 7.05. The maximum atomic E-state index is 5.89. The molecule has 23 heavy (non-hydrogen) atoms. The molecule has 1 atom stereocenters. The van der Waals surface area contributed by atoms with Crippen molar-refractivity contribution in [3.05, 3.63) is 53.1 Å².